The SMILES string of the molecule is CC(CO)CNS(=O)(=O)c1c(Br)nnn1C. The zero-order valence-electron chi connectivity index (χ0n) is 8.88. The van der Waals surface area contributed by atoms with E-state index in [0.717, 1.165) is 4.68 Å². The molecule has 0 aliphatic rings. The van der Waals surface area contributed by atoms with Crippen LogP contribution in [-0.2, 0) is 17.1 Å². The van der Waals surface area contributed by atoms with Crippen LogP contribution in [0, 0.1) is 5.92 Å². The van der Waals surface area contributed by atoms with Gasteiger partial charge in [-0.05, 0) is 21.8 Å². The first-order valence-electron chi connectivity index (χ1n) is 4.54. The third-order valence-electron chi connectivity index (χ3n) is 1.93. The Hall–Kier alpha value is -0.510. The van der Waals surface area contributed by atoms with Gasteiger partial charge in [-0.25, -0.2) is 17.8 Å². The largest absolute Gasteiger partial charge is 0.396 e. The van der Waals surface area contributed by atoms with Crippen molar-refractivity contribution in [2.45, 2.75) is 11.9 Å². The number of rotatable bonds is 5. The summed E-state index contributed by atoms with van der Waals surface area (Å²) in [7, 11) is -2.17. The van der Waals surface area contributed by atoms with E-state index in [1.54, 1.807) is 6.92 Å². The van der Waals surface area contributed by atoms with Gasteiger partial charge >= 0.3 is 0 Å². The number of aromatic nitrogens is 3. The Kier molecular flexibility index (Phi) is 4.42. The number of sulfonamides is 1. The van der Waals surface area contributed by atoms with Crippen LogP contribution >= 0.6 is 15.9 Å². The van der Waals surface area contributed by atoms with E-state index in [4.69, 9.17) is 5.11 Å². The summed E-state index contributed by atoms with van der Waals surface area (Å²) < 4.78 is 27.4. The van der Waals surface area contributed by atoms with Gasteiger partial charge in [-0.1, -0.05) is 12.1 Å². The molecule has 0 aliphatic heterocycles. The average molecular weight is 313 g/mol. The highest BCUT2D eigenvalue weighted by Gasteiger charge is 2.23. The lowest BCUT2D eigenvalue weighted by Gasteiger charge is -2.10. The van der Waals surface area contributed by atoms with Crippen molar-refractivity contribution in [3.8, 4) is 0 Å². The Morgan fingerprint density at radius 2 is 2.25 bits per heavy atom. The van der Waals surface area contributed by atoms with Gasteiger partial charge in [-0.2, -0.15) is 0 Å². The summed E-state index contributed by atoms with van der Waals surface area (Å²) in [5.41, 5.74) is 0. The number of nitrogens with one attached hydrogen (secondary N) is 1. The molecule has 1 rings (SSSR count). The maximum Gasteiger partial charge on any atom is 0.260 e. The molecule has 0 aromatic carbocycles. The van der Waals surface area contributed by atoms with Crippen LogP contribution in [0.1, 0.15) is 6.92 Å². The molecular formula is C7H13BrN4O3S. The van der Waals surface area contributed by atoms with E-state index >= 15 is 0 Å². The third kappa shape index (κ3) is 3.00. The minimum atomic E-state index is -3.65. The lowest BCUT2D eigenvalue weighted by Crippen LogP contribution is -2.31. The summed E-state index contributed by atoms with van der Waals surface area (Å²) in [6.45, 7) is 1.82. The predicted octanol–water partition coefficient (Wildman–Crippen LogP) is -0.516. The normalized spacial score (nSPS) is 14.0. The number of aliphatic hydroxyl groups is 1. The first kappa shape index (κ1) is 13.6. The van der Waals surface area contributed by atoms with Crippen LogP contribution in [0.25, 0.3) is 0 Å². The highest BCUT2D eigenvalue weighted by molar-refractivity contribution is 9.10. The molecule has 0 aliphatic carbocycles. The highest BCUT2D eigenvalue weighted by atomic mass is 79.9. The van der Waals surface area contributed by atoms with Gasteiger partial charge in [0.2, 0.25) is 5.03 Å². The molecule has 1 aromatic rings. The maximum absolute atomic E-state index is 11.8. The summed E-state index contributed by atoms with van der Waals surface area (Å²) in [5.74, 6) is -0.144. The zero-order chi connectivity index (χ0) is 12.3. The van der Waals surface area contributed by atoms with E-state index in [-0.39, 0.29) is 28.7 Å². The Balaban J connectivity index is 2.87. The maximum atomic E-state index is 11.8. The van der Waals surface area contributed by atoms with Crippen molar-refractivity contribution in [2.24, 2.45) is 13.0 Å². The summed E-state index contributed by atoms with van der Waals surface area (Å²) >= 11 is 3.01. The van der Waals surface area contributed by atoms with Gasteiger partial charge < -0.3 is 5.11 Å². The van der Waals surface area contributed by atoms with Crippen LogP contribution in [0.5, 0.6) is 0 Å². The molecule has 0 spiro atoms. The van der Waals surface area contributed by atoms with Gasteiger partial charge in [0.1, 0.15) is 0 Å². The van der Waals surface area contributed by atoms with Crippen molar-refractivity contribution < 1.29 is 13.5 Å². The molecule has 0 fully saturated rings. The molecule has 92 valence electrons. The highest BCUT2D eigenvalue weighted by Crippen LogP contribution is 2.17. The number of halogens is 1. The fourth-order valence-corrected chi connectivity index (χ4v) is 3.25. The third-order valence-corrected chi connectivity index (χ3v) is 4.24. The molecule has 1 aromatic heterocycles. The quantitative estimate of drug-likeness (QED) is 0.763. The first-order valence-corrected chi connectivity index (χ1v) is 6.81. The molecule has 0 bridgehead atoms. The zero-order valence-corrected chi connectivity index (χ0v) is 11.3. The van der Waals surface area contributed by atoms with Crippen molar-refractivity contribution in [1.29, 1.82) is 0 Å². The van der Waals surface area contributed by atoms with Gasteiger partial charge in [-0.3, -0.25) is 0 Å². The molecule has 7 nitrogen and oxygen atoms in total. The van der Waals surface area contributed by atoms with E-state index in [2.05, 4.69) is 31.0 Å². The number of hydrogen-bond donors (Lipinski definition) is 2. The van der Waals surface area contributed by atoms with Crippen LogP contribution < -0.4 is 4.72 Å². The number of aryl methyl sites for hydroxylation is 1. The van der Waals surface area contributed by atoms with E-state index < -0.39 is 10.0 Å². The van der Waals surface area contributed by atoms with E-state index in [9.17, 15) is 8.42 Å². The predicted molar refractivity (Wildman–Crippen MR) is 60.1 cm³/mol. The summed E-state index contributed by atoms with van der Waals surface area (Å²) in [4.78, 5) is 0. The van der Waals surface area contributed by atoms with E-state index in [0.29, 0.717) is 0 Å². The van der Waals surface area contributed by atoms with E-state index in [1.165, 1.54) is 7.05 Å². The second kappa shape index (κ2) is 5.21. The number of nitrogens with zero attached hydrogens (tertiary/aromatic N) is 3. The molecule has 0 amide bonds. The van der Waals surface area contributed by atoms with Crippen molar-refractivity contribution in [3.05, 3.63) is 4.60 Å². The average Bonchev–Trinajstić information content (AvgIpc) is 2.55. The standard InChI is InChI=1S/C7H13BrN4O3S/c1-5(4-13)3-9-16(14,15)7-6(8)10-11-12(7)2/h5,9,13H,3-4H2,1-2H3. The van der Waals surface area contributed by atoms with Crippen LogP contribution in [0.2, 0.25) is 0 Å². The molecular weight excluding hydrogens is 300 g/mol. The molecule has 0 radical (unpaired) electrons. The summed E-state index contributed by atoms with van der Waals surface area (Å²) in [6.07, 6.45) is 0. The van der Waals surface area contributed by atoms with Crippen molar-refractivity contribution in [3.63, 3.8) is 0 Å². The van der Waals surface area contributed by atoms with Crippen LogP contribution in [0.4, 0.5) is 0 Å². The smallest absolute Gasteiger partial charge is 0.260 e. The molecule has 0 saturated heterocycles. The number of hydrogen-bond acceptors (Lipinski definition) is 5. The van der Waals surface area contributed by atoms with Crippen LogP contribution in [0.15, 0.2) is 9.63 Å². The Morgan fingerprint density at radius 1 is 1.62 bits per heavy atom. The molecule has 0 saturated carbocycles. The van der Waals surface area contributed by atoms with Gasteiger partial charge in [0.25, 0.3) is 10.0 Å². The first-order chi connectivity index (χ1) is 7.38. The lowest BCUT2D eigenvalue weighted by atomic mass is 10.2. The van der Waals surface area contributed by atoms with Crippen molar-refractivity contribution >= 4 is 26.0 Å². The molecule has 1 unspecified atom stereocenters. The minimum absolute atomic E-state index is 0.0300. The fourth-order valence-electron chi connectivity index (χ4n) is 0.993. The molecule has 1 atom stereocenters. The molecule has 1 heterocycles. The molecule has 16 heavy (non-hydrogen) atoms. The van der Waals surface area contributed by atoms with Gasteiger partial charge in [0.05, 0.1) is 0 Å². The second-order valence-corrected chi connectivity index (χ2v) is 5.88. The summed E-state index contributed by atoms with van der Waals surface area (Å²) in [5, 5.41) is 15.9. The van der Waals surface area contributed by atoms with Crippen molar-refractivity contribution in [2.75, 3.05) is 13.2 Å². The topological polar surface area (TPSA) is 97.1 Å². The minimum Gasteiger partial charge on any atom is -0.396 e. The molecule has 9 heteroatoms. The van der Waals surface area contributed by atoms with Gasteiger partial charge in [0.15, 0.2) is 4.60 Å². The number of aliphatic hydroxyl groups excluding tert-OH is 1. The van der Waals surface area contributed by atoms with Crippen LogP contribution in [0.3, 0.4) is 0 Å². The van der Waals surface area contributed by atoms with Crippen molar-refractivity contribution in [1.82, 2.24) is 19.7 Å². The van der Waals surface area contributed by atoms with E-state index in [1.807, 2.05) is 0 Å². The Bertz CT molecular complexity index is 439. The van der Waals surface area contributed by atoms with Gasteiger partial charge in [-0.15, -0.1) is 5.10 Å². The Labute approximate surface area is 102 Å². The lowest BCUT2D eigenvalue weighted by molar-refractivity contribution is 0.238. The molecule has 2 N–H and O–H groups in total. The second-order valence-electron chi connectivity index (χ2n) is 3.45. The monoisotopic (exact) mass is 312 g/mol. The van der Waals surface area contributed by atoms with Gasteiger partial charge in [0, 0.05) is 20.2 Å². The van der Waals surface area contributed by atoms with Crippen LogP contribution in [-0.4, -0.2) is 41.7 Å². The fraction of sp³-hybridized carbons (Fsp3) is 0.714. The Morgan fingerprint density at radius 3 is 2.69 bits per heavy atom. The summed E-state index contributed by atoms with van der Waals surface area (Å²) in [6, 6.07) is 0.